The lowest BCUT2D eigenvalue weighted by molar-refractivity contribution is -0.169. The lowest BCUT2D eigenvalue weighted by Crippen LogP contribution is -2.56. The molecule has 0 aromatic carbocycles. The van der Waals surface area contributed by atoms with Crippen molar-refractivity contribution in [1.29, 1.82) is 0 Å². The molecule has 3 heteroatoms. The van der Waals surface area contributed by atoms with E-state index < -0.39 is 0 Å². The molecule has 0 saturated heterocycles. The van der Waals surface area contributed by atoms with Crippen LogP contribution in [0.4, 0.5) is 0 Å². The molecule has 4 fully saturated rings. The van der Waals surface area contributed by atoms with Crippen LogP contribution in [0.15, 0.2) is 0 Å². The zero-order chi connectivity index (χ0) is 28.9. The second-order valence-electron chi connectivity index (χ2n) is 15.1. The summed E-state index contributed by atoms with van der Waals surface area (Å²) in [5.41, 5.74) is 1.21. The third kappa shape index (κ3) is 10.4. The summed E-state index contributed by atoms with van der Waals surface area (Å²) in [5.74, 6) is 2.25. The molecule has 0 unspecified atom stereocenters. The Balaban J connectivity index is 1.61. The lowest BCUT2D eigenvalue weighted by Gasteiger charge is -2.67. The number of ketones is 3. The Morgan fingerprint density at radius 3 is 1.00 bits per heavy atom. The number of carbonyl (C=O) groups is 3. The van der Waals surface area contributed by atoms with Gasteiger partial charge in [-0.15, -0.1) is 0 Å². The van der Waals surface area contributed by atoms with Crippen LogP contribution < -0.4 is 0 Å². The van der Waals surface area contributed by atoms with Crippen molar-refractivity contribution in [3.05, 3.63) is 0 Å². The maximum atomic E-state index is 12.6. The molecular weight excluding hydrogens is 492 g/mol. The highest BCUT2D eigenvalue weighted by Gasteiger charge is 2.61. The number of Topliss-reactive ketones (excluding diaryl/α,β-unsaturated/α-hetero) is 3. The van der Waals surface area contributed by atoms with Gasteiger partial charge in [0.2, 0.25) is 0 Å². The van der Waals surface area contributed by atoms with Gasteiger partial charge in [0.15, 0.2) is 0 Å². The standard InChI is InChI=1S/C37H64O3/c1-4-7-10-16-32(38)19-13-22-35-25-31-26-36(28-35,23-14-20-33(39)17-11-8-5-2)30-37(27-31,29-35)24-15-21-34(40)18-12-9-6-3/h31H,4-30H2,1-3H3. The fourth-order valence-corrected chi connectivity index (χ4v) is 9.97. The highest BCUT2D eigenvalue weighted by molar-refractivity contribution is 5.79. The van der Waals surface area contributed by atoms with E-state index in [1.54, 1.807) is 0 Å². The van der Waals surface area contributed by atoms with E-state index >= 15 is 0 Å². The number of hydrogen-bond acceptors (Lipinski definition) is 3. The Morgan fingerprint density at radius 2 is 0.725 bits per heavy atom. The Labute approximate surface area is 247 Å². The molecule has 0 N–H and O–H groups in total. The van der Waals surface area contributed by atoms with Crippen molar-refractivity contribution in [3.63, 3.8) is 0 Å². The predicted octanol–water partition coefficient (Wildman–Crippen LogP) is 10.9. The molecule has 4 aliphatic rings. The van der Waals surface area contributed by atoms with Gasteiger partial charge in [-0.3, -0.25) is 14.4 Å². The molecule has 40 heavy (non-hydrogen) atoms. The summed E-state index contributed by atoms with van der Waals surface area (Å²) in [6.45, 7) is 6.61. The normalized spacial score (nSPS) is 28.7. The molecule has 0 aliphatic heterocycles. The highest BCUT2D eigenvalue weighted by atomic mass is 16.1. The molecule has 0 aromatic rings. The summed E-state index contributed by atoms with van der Waals surface area (Å²) in [4.78, 5) is 37.7. The van der Waals surface area contributed by atoms with Gasteiger partial charge < -0.3 is 0 Å². The Hall–Kier alpha value is -0.990. The van der Waals surface area contributed by atoms with E-state index in [0.717, 1.165) is 83.0 Å². The molecule has 230 valence electrons. The second kappa shape index (κ2) is 16.6. The molecule has 0 spiro atoms. The molecule has 4 rings (SSSR count). The van der Waals surface area contributed by atoms with Crippen molar-refractivity contribution in [3.8, 4) is 0 Å². The van der Waals surface area contributed by atoms with Crippen LogP contribution in [0, 0.1) is 22.2 Å². The van der Waals surface area contributed by atoms with E-state index in [2.05, 4.69) is 20.8 Å². The summed E-state index contributed by atoms with van der Waals surface area (Å²) in [6, 6.07) is 0. The average molecular weight is 557 g/mol. The van der Waals surface area contributed by atoms with Crippen molar-refractivity contribution >= 4 is 17.3 Å². The van der Waals surface area contributed by atoms with E-state index in [-0.39, 0.29) is 0 Å². The van der Waals surface area contributed by atoms with E-state index in [1.165, 1.54) is 96.3 Å². The fraction of sp³-hybridized carbons (Fsp3) is 0.919. The third-order valence-electron chi connectivity index (χ3n) is 11.1. The maximum Gasteiger partial charge on any atom is 0.132 e. The van der Waals surface area contributed by atoms with Gasteiger partial charge in [-0.05, 0) is 118 Å². The van der Waals surface area contributed by atoms with Gasteiger partial charge in [0.1, 0.15) is 17.3 Å². The SMILES string of the molecule is CCCCCC(=O)CCCC12CC3CC(CCCC(=O)CCCCC)(C1)CC(CCCC(=O)CCCCC)(C3)C2. The maximum absolute atomic E-state index is 12.6. The predicted molar refractivity (Wildman–Crippen MR) is 167 cm³/mol. The van der Waals surface area contributed by atoms with Crippen LogP contribution in [0.3, 0.4) is 0 Å². The summed E-state index contributed by atoms with van der Waals surface area (Å²) in [6.07, 6.45) is 29.8. The summed E-state index contributed by atoms with van der Waals surface area (Å²) in [5, 5.41) is 0. The monoisotopic (exact) mass is 556 g/mol. The minimum Gasteiger partial charge on any atom is -0.300 e. The van der Waals surface area contributed by atoms with Gasteiger partial charge in [-0.25, -0.2) is 0 Å². The second-order valence-corrected chi connectivity index (χ2v) is 15.1. The Morgan fingerprint density at radius 1 is 0.450 bits per heavy atom. The first-order chi connectivity index (χ1) is 19.3. The van der Waals surface area contributed by atoms with Gasteiger partial charge in [0, 0.05) is 38.5 Å². The number of unbranched alkanes of at least 4 members (excludes halogenated alkanes) is 6. The molecule has 0 aromatic heterocycles. The van der Waals surface area contributed by atoms with Gasteiger partial charge >= 0.3 is 0 Å². The smallest absolute Gasteiger partial charge is 0.132 e. The van der Waals surface area contributed by atoms with Crippen molar-refractivity contribution in [1.82, 2.24) is 0 Å². The zero-order valence-electron chi connectivity index (χ0n) is 26.9. The van der Waals surface area contributed by atoms with Crippen LogP contribution in [0.1, 0.15) is 194 Å². The summed E-state index contributed by atoms with van der Waals surface area (Å²) < 4.78 is 0. The average Bonchev–Trinajstić information content (AvgIpc) is 2.88. The zero-order valence-corrected chi connectivity index (χ0v) is 26.9. The lowest BCUT2D eigenvalue weighted by atomic mass is 9.37. The van der Waals surface area contributed by atoms with E-state index in [1.807, 2.05) is 0 Å². The molecule has 0 radical (unpaired) electrons. The molecule has 0 amide bonds. The van der Waals surface area contributed by atoms with Crippen molar-refractivity contribution in [2.75, 3.05) is 0 Å². The van der Waals surface area contributed by atoms with Crippen molar-refractivity contribution < 1.29 is 14.4 Å². The van der Waals surface area contributed by atoms with Crippen LogP contribution in [-0.4, -0.2) is 17.3 Å². The molecule has 3 nitrogen and oxygen atoms in total. The van der Waals surface area contributed by atoms with Crippen LogP contribution >= 0.6 is 0 Å². The topological polar surface area (TPSA) is 51.2 Å². The minimum absolute atomic E-state index is 0.402. The first-order valence-electron chi connectivity index (χ1n) is 17.8. The van der Waals surface area contributed by atoms with Gasteiger partial charge in [-0.2, -0.15) is 0 Å². The summed E-state index contributed by atoms with van der Waals surface area (Å²) >= 11 is 0. The Bertz CT molecular complexity index is 685. The van der Waals surface area contributed by atoms with Crippen LogP contribution in [-0.2, 0) is 14.4 Å². The number of rotatable bonds is 24. The van der Waals surface area contributed by atoms with Gasteiger partial charge in [0.05, 0.1) is 0 Å². The molecule has 4 bridgehead atoms. The van der Waals surface area contributed by atoms with E-state index in [0.29, 0.717) is 33.6 Å². The van der Waals surface area contributed by atoms with Crippen molar-refractivity contribution in [2.45, 2.75) is 194 Å². The summed E-state index contributed by atoms with van der Waals surface area (Å²) in [7, 11) is 0. The molecule has 0 atom stereocenters. The quantitative estimate of drug-likeness (QED) is 0.111. The molecule has 0 heterocycles. The van der Waals surface area contributed by atoms with Crippen LogP contribution in [0.25, 0.3) is 0 Å². The van der Waals surface area contributed by atoms with Crippen molar-refractivity contribution in [2.24, 2.45) is 22.2 Å². The van der Waals surface area contributed by atoms with E-state index in [9.17, 15) is 14.4 Å². The highest BCUT2D eigenvalue weighted by Crippen LogP contribution is 2.73. The number of carbonyl (C=O) groups excluding carboxylic acids is 3. The fourth-order valence-electron chi connectivity index (χ4n) is 9.97. The third-order valence-corrected chi connectivity index (χ3v) is 11.1. The molecule has 4 saturated carbocycles. The largest absolute Gasteiger partial charge is 0.300 e. The van der Waals surface area contributed by atoms with E-state index in [4.69, 9.17) is 0 Å². The van der Waals surface area contributed by atoms with Crippen LogP contribution in [0.5, 0.6) is 0 Å². The molecular formula is C37H64O3. The first-order valence-corrected chi connectivity index (χ1v) is 17.8. The van der Waals surface area contributed by atoms with Gasteiger partial charge in [0.25, 0.3) is 0 Å². The first kappa shape index (κ1) is 33.5. The van der Waals surface area contributed by atoms with Crippen LogP contribution in [0.2, 0.25) is 0 Å². The Kier molecular flexibility index (Phi) is 13.9. The minimum atomic E-state index is 0.402. The molecule has 4 aliphatic carbocycles. The van der Waals surface area contributed by atoms with Gasteiger partial charge in [-0.1, -0.05) is 59.3 Å². The number of hydrogen-bond donors (Lipinski definition) is 0.